The molecular formula is C12H13F3S. The van der Waals surface area contributed by atoms with Crippen LogP contribution in [0.3, 0.4) is 0 Å². The van der Waals surface area contributed by atoms with Gasteiger partial charge in [-0.15, -0.1) is 0 Å². The molecule has 0 bridgehead atoms. The van der Waals surface area contributed by atoms with E-state index >= 15 is 0 Å². The van der Waals surface area contributed by atoms with Gasteiger partial charge in [0.05, 0.1) is 0 Å². The van der Waals surface area contributed by atoms with Crippen molar-refractivity contribution in [1.29, 1.82) is 0 Å². The van der Waals surface area contributed by atoms with E-state index in [2.05, 4.69) is 48.5 Å². The molecule has 4 heteroatoms. The smallest absolute Gasteiger partial charge is 0.0122 e. The SMILES string of the molecule is F.F.F.c1ccc(Sc2ccccc2)cc1. The van der Waals surface area contributed by atoms with Crippen LogP contribution in [0.25, 0.3) is 0 Å². The van der Waals surface area contributed by atoms with Crippen LogP contribution in [0.1, 0.15) is 0 Å². The van der Waals surface area contributed by atoms with Gasteiger partial charge in [-0.25, -0.2) is 0 Å². The minimum Gasteiger partial charge on any atom is -0.269 e. The first-order chi connectivity index (χ1) is 6.45. The highest BCUT2D eigenvalue weighted by Gasteiger charge is 1.93. The van der Waals surface area contributed by atoms with Crippen molar-refractivity contribution in [2.75, 3.05) is 0 Å². The standard InChI is InChI=1S/C12H10S.3FH/c1-3-7-11(8-4-1)13-12-9-5-2-6-10-12;;;/h1-10H;3*1H. The maximum atomic E-state index is 2.12. The number of rotatable bonds is 2. The lowest BCUT2D eigenvalue weighted by Gasteiger charge is -1.99. The fraction of sp³-hybridized carbons (Fsp3) is 0. The minimum absolute atomic E-state index is 0. The quantitative estimate of drug-likeness (QED) is 0.761. The zero-order valence-corrected chi connectivity index (χ0v) is 9.22. The molecule has 0 N–H and O–H groups in total. The van der Waals surface area contributed by atoms with Gasteiger partial charge in [0.25, 0.3) is 0 Å². The van der Waals surface area contributed by atoms with Crippen molar-refractivity contribution in [3.63, 3.8) is 0 Å². The molecule has 2 aromatic rings. The van der Waals surface area contributed by atoms with Crippen LogP contribution in [0.15, 0.2) is 70.5 Å². The molecule has 0 saturated carbocycles. The van der Waals surface area contributed by atoms with E-state index in [0.29, 0.717) is 0 Å². The number of halogens is 3. The van der Waals surface area contributed by atoms with Crippen molar-refractivity contribution in [3.8, 4) is 0 Å². The van der Waals surface area contributed by atoms with Crippen molar-refractivity contribution < 1.29 is 14.1 Å². The van der Waals surface area contributed by atoms with E-state index in [1.807, 2.05) is 12.1 Å². The zero-order valence-electron chi connectivity index (χ0n) is 8.41. The molecule has 0 aromatic heterocycles. The van der Waals surface area contributed by atoms with Gasteiger partial charge in [0.2, 0.25) is 0 Å². The first-order valence-electron chi connectivity index (χ1n) is 4.23. The summed E-state index contributed by atoms with van der Waals surface area (Å²) < 4.78 is 0. The van der Waals surface area contributed by atoms with Gasteiger partial charge >= 0.3 is 0 Å². The first kappa shape index (κ1) is 17.0. The Morgan fingerprint density at radius 3 is 1.12 bits per heavy atom. The normalized spacial score (nSPS) is 8.00. The summed E-state index contributed by atoms with van der Waals surface area (Å²) in [5.74, 6) is 0. The van der Waals surface area contributed by atoms with Crippen LogP contribution in [0.4, 0.5) is 14.1 Å². The van der Waals surface area contributed by atoms with Crippen molar-refractivity contribution in [1.82, 2.24) is 0 Å². The Morgan fingerprint density at radius 2 is 0.812 bits per heavy atom. The summed E-state index contributed by atoms with van der Waals surface area (Å²) in [5.41, 5.74) is 0. The molecule has 0 atom stereocenters. The Morgan fingerprint density at radius 1 is 0.500 bits per heavy atom. The maximum absolute atomic E-state index is 2.12. The summed E-state index contributed by atoms with van der Waals surface area (Å²) >= 11 is 1.79. The predicted molar refractivity (Wildman–Crippen MR) is 64.5 cm³/mol. The zero-order chi connectivity index (χ0) is 8.93. The van der Waals surface area contributed by atoms with Gasteiger partial charge in [0.15, 0.2) is 0 Å². The summed E-state index contributed by atoms with van der Waals surface area (Å²) in [6, 6.07) is 20.8. The predicted octanol–water partition coefficient (Wildman–Crippen LogP) is 4.30. The Bertz CT molecular complexity index is 327. The van der Waals surface area contributed by atoms with Crippen molar-refractivity contribution in [2.45, 2.75) is 9.79 Å². The second-order valence-corrected chi connectivity index (χ2v) is 3.88. The molecule has 0 unspecified atom stereocenters. The topological polar surface area (TPSA) is 0 Å². The van der Waals surface area contributed by atoms with Gasteiger partial charge in [-0.2, -0.15) is 0 Å². The maximum Gasteiger partial charge on any atom is 0.0122 e. The third-order valence-electron chi connectivity index (χ3n) is 1.72. The summed E-state index contributed by atoms with van der Waals surface area (Å²) in [7, 11) is 0. The highest BCUT2D eigenvalue weighted by molar-refractivity contribution is 7.99. The molecule has 0 amide bonds. The highest BCUT2D eigenvalue weighted by atomic mass is 32.2. The monoisotopic (exact) mass is 246 g/mol. The van der Waals surface area contributed by atoms with Crippen LogP contribution in [0.2, 0.25) is 0 Å². The van der Waals surface area contributed by atoms with E-state index in [-0.39, 0.29) is 14.1 Å². The fourth-order valence-electron chi connectivity index (χ4n) is 1.11. The molecule has 0 radical (unpaired) electrons. The van der Waals surface area contributed by atoms with Crippen LogP contribution in [-0.2, 0) is 0 Å². The lowest BCUT2D eigenvalue weighted by Crippen LogP contribution is -1.70. The molecule has 0 spiro atoms. The van der Waals surface area contributed by atoms with Crippen LogP contribution < -0.4 is 0 Å². The molecule has 2 rings (SSSR count). The average Bonchev–Trinajstić information content (AvgIpc) is 2.21. The van der Waals surface area contributed by atoms with Gasteiger partial charge in [-0.1, -0.05) is 48.2 Å². The molecule has 0 aliphatic rings. The third-order valence-corrected chi connectivity index (χ3v) is 2.74. The van der Waals surface area contributed by atoms with E-state index in [9.17, 15) is 0 Å². The Balaban J connectivity index is 0. The van der Waals surface area contributed by atoms with E-state index in [4.69, 9.17) is 0 Å². The number of hydrogen-bond acceptors (Lipinski definition) is 1. The molecule has 0 aliphatic heterocycles. The van der Waals surface area contributed by atoms with Crippen molar-refractivity contribution >= 4 is 11.8 Å². The van der Waals surface area contributed by atoms with Crippen molar-refractivity contribution in [2.24, 2.45) is 0 Å². The fourth-order valence-corrected chi connectivity index (χ4v) is 1.97. The minimum atomic E-state index is 0. The van der Waals surface area contributed by atoms with Crippen LogP contribution in [0.5, 0.6) is 0 Å². The molecular weight excluding hydrogens is 233 g/mol. The summed E-state index contributed by atoms with van der Waals surface area (Å²) in [5, 5.41) is 0. The Kier molecular flexibility index (Phi) is 9.40. The summed E-state index contributed by atoms with van der Waals surface area (Å²) in [6.07, 6.45) is 0. The molecule has 0 fully saturated rings. The van der Waals surface area contributed by atoms with E-state index < -0.39 is 0 Å². The second-order valence-electron chi connectivity index (χ2n) is 2.73. The largest absolute Gasteiger partial charge is 0.269 e. The van der Waals surface area contributed by atoms with E-state index in [1.165, 1.54) is 9.79 Å². The average molecular weight is 246 g/mol. The number of benzene rings is 2. The van der Waals surface area contributed by atoms with Crippen LogP contribution in [-0.4, -0.2) is 0 Å². The Labute approximate surface area is 96.8 Å². The number of hydrogen-bond donors (Lipinski definition) is 0. The lowest BCUT2D eigenvalue weighted by molar-refractivity contribution is 1.11. The summed E-state index contributed by atoms with van der Waals surface area (Å²) in [6.45, 7) is 0. The van der Waals surface area contributed by atoms with E-state index in [1.54, 1.807) is 11.8 Å². The second kappa shape index (κ2) is 8.85. The molecule has 0 nitrogen and oxygen atoms in total. The molecule has 88 valence electrons. The third kappa shape index (κ3) is 4.89. The lowest BCUT2D eigenvalue weighted by atomic mass is 10.4. The summed E-state index contributed by atoms with van der Waals surface area (Å²) in [4.78, 5) is 2.57. The molecule has 0 aliphatic carbocycles. The molecule has 0 saturated heterocycles. The highest BCUT2D eigenvalue weighted by Crippen LogP contribution is 2.26. The molecule has 16 heavy (non-hydrogen) atoms. The van der Waals surface area contributed by atoms with Gasteiger partial charge in [0, 0.05) is 9.79 Å². The molecule has 0 heterocycles. The Hall–Kier alpha value is -1.42. The van der Waals surface area contributed by atoms with Crippen LogP contribution >= 0.6 is 11.8 Å². The first-order valence-corrected chi connectivity index (χ1v) is 5.05. The van der Waals surface area contributed by atoms with Crippen molar-refractivity contribution in [3.05, 3.63) is 60.7 Å². The van der Waals surface area contributed by atoms with Gasteiger partial charge in [-0.3, -0.25) is 14.1 Å². The van der Waals surface area contributed by atoms with Gasteiger partial charge < -0.3 is 0 Å². The molecule has 2 aromatic carbocycles. The van der Waals surface area contributed by atoms with Crippen LogP contribution in [0, 0.1) is 0 Å². The van der Waals surface area contributed by atoms with Gasteiger partial charge in [0.1, 0.15) is 0 Å². The van der Waals surface area contributed by atoms with Gasteiger partial charge in [-0.05, 0) is 24.3 Å². The van der Waals surface area contributed by atoms with E-state index in [0.717, 1.165) is 0 Å².